The van der Waals surface area contributed by atoms with Gasteiger partial charge >= 0.3 is 0 Å². The summed E-state index contributed by atoms with van der Waals surface area (Å²) in [6.07, 6.45) is 7.21. The lowest BCUT2D eigenvalue weighted by Crippen LogP contribution is -2.42. The van der Waals surface area contributed by atoms with Crippen LogP contribution in [0.2, 0.25) is 0 Å². The van der Waals surface area contributed by atoms with E-state index in [-0.39, 0.29) is 0 Å². The summed E-state index contributed by atoms with van der Waals surface area (Å²) in [4.78, 5) is 4.65. The highest BCUT2D eigenvalue weighted by Gasteiger charge is 2.41. The fourth-order valence-electron chi connectivity index (χ4n) is 3.06. The zero-order chi connectivity index (χ0) is 17.2. The topological polar surface area (TPSA) is 65.9 Å². The Bertz CT molecular complexity index is 348. The van der Waals surface area contributed by atoms with Crippen molar-refractivity contribution in [3.8, 4) is 0 Å². The van der Waals surface area contributed by atoms with Crippen LogP contribution in [-0.2, 0) is 4.74 Å². The summed E-state index contributed by atoms with van der Waals surface area (Å²) in [5, 5.41) is 17.5. The second-order valence-corrected chi connectivity index (χ2v) is 7.02. The zero-order valence-corrected chi connectivity index (χ0v) is 15.6. The first kappa shape index (κ1) is 20.2. The molecule has 0 bridgehead atoms. The smallest absolute Gasteiger partial charge is 0.191 e. The molecule has 0 amide bonds. The number of rotatable bonds is 12. The number of aliphatic hydroxyl groups is 1. The van der Waals surface area contributed by atoms with E-state index in [9.17, 15) is 5.11 Å². The molecule has 23 heavy (non-hydrogen) atoms. The Morgan fingerprint density at radius 3 is 2.30 bits per heavy atom. The number of hydrogen-bond acceptors (Lipinski definition) is 3. The van der Waals surface area contributed by atoms with E-state index >= 15 is 0 Å². The van der Waals surface area contributed by atoms with Crippen molar-refractivity contribution in [1.29, 1.82) is 0 Å². The van der Waals surface area contributed by atoms with Crippen molar-refractivity contribution in [2.75, 3.05) is 33.4 Å². The molecule has 0 aromatic rings. The van der Waals surface area contributed by atoms with Crippen LogP contribution in [-0.4, -0.2) is 50.0 Å². The van der Waals surface area contributed by atoms with E-state index in [1.54, 1.807) is 7.11 Å². The quantitative estimate of drug-likeness (QED) is 0.381. The summed E-state index contributed by atoms with van der Waals surface area (Å²) < 4.78 is 5.21. The Morgan fingerprint density at radius 2 is 1.83 bits per heavy atom. The summed E-state index contributed by atoms with van der Waals surface area (Å²) in [6.45, 7) is 9.34. The normalized spacial score (nSPS) is 17.2. The lowest BCUT2D eigenvalue weighted by molar-refractivity contribution is 0.0306. The molecule has 0 saturated heterocycles. The van der Waals surface area contributed by atoms with E-state index < -0.39 is 5.60 Å². The lowest BCUT2D eigenvalue weighted by Gasteiger charge is -2.26. The summed E-state index contributed by atoms with van der Waals surface area (Å²) in [7, 11) is 1.76. The second kappa shape index (κ2) is 10.1. The predicted octanol–water partition coefficient (Wildman–Crippen LogP) is 2.69. The van der Waals surface area contributed by atoms with E-state index in [1.807, 2.05) is 0 Å². The first-order valence-corrected chi connectivity index (χ1v) is 9.26. The fourth-order valence-corrected chi connectivity index (χ4v) is 3.06. The van der Waals surface area contributed by atoms with E-state index in [0.717, 1.165) is 57.8 Å². The van der Waals surface area contributed by atoms with Gasteiger partial charge in [-0.15, -0.1) is 0 Å². The number of aliphatic imine (C=N–C) groups is 1. The van der Waals surface area contributed by atoms with Crippen LogP contribution in [0.4, 0.5) is 0 Å². The molecule has 1 aliphatic carbocycles. The molecule has 1 fully saturated rings. The summed E-state index contributed by atoms with van der Waals surface area (Å²) in [5.74, 6) is 0.821. The first-order chi connectivity index (χ1) is 11.0. The third-order valence-electron chi connectivity index (χ3n) is 4.73. The molecule has 0 spiro atoms. The van der Waals surface area contributed by atoms with Crippen LogP contribution < -0.4 is 10.6 Å². The van der Waals surface area contributed by atoms with Gasteiger partial charge < -0.3 is 20.5 Å². The summed E-state index contributed by atoms with van der Waals surface area (Å²) in [6, 6.07) is 0. The van der Waals surface area contributed by atoms with Crippen LogP contribution in [0.15, 0.2) is 4.99 Å². The third kappa shape index (κ3) is 7.53. The van der Waals surface area contributed by atoms with Gasteiger partial charge in [-0.05, 0) is 44.4 Å². The Hall–Kier alpha value is -0.810. The largest absolute Gasteiger partial charge is 0.388 e. The van der Waals surface area contributed by atoms with E-state index in [2.05, 4.69) is 36.4 Å². The molecule has 1 aliphatic rings. The number of nitrogens with zero attached hydrogens (tertiary/aromatic N) is 1. The molecule has 0 aromatic heterocycles. The van der Waals surface area contributed by atoms with Crippen molar-refractivity contribution in [3.05, 3.63) is 0 Å². The lowest BCUT2D eigenvalue weighted by atomic mass is 9.93. The van der Waals surface area contributed by atoms with E-state index in [0.29, 0.717) is 12.0 Å². The van der Waals surface area contributed by atoms with Crippen LogP contribution in [0.1, 0.15) is 65.7 Å². The molecular formula is C18H37N3O2. The maximum absolute atomic E-state index is 10.7. The van der Waals surface area contributed by atoms with Crippen molar-refractivity contribution in [2.24, 2.45) is 10.4 Å². The van der Waals surface area contributed by atoms with Crippen LogP contribution in [0, 0.1) is 5.41 Å². The minimum Gasteiger partial charge on any atom is -0.388 e. The molecular weight excluding hydrogens is 290 g/mol. The molecule has 5 nitrogen and oxygen atoms in total. The number of methoxy groups -OCH3 is 1. The maximum atomic E-state index is 10.7. The fraction of sp³-hybridized carbons (Fsp3) is 0.944. The third-order valence-corrected chi connectivity index (χ3v) is 4.73. The van der Waals surface area contributed by atoms with E-state index in [4.69, 9.17) is 4.74 Å². The van der Waals surface area contributed by atoms with Gasteiger partial charge in [-0.3, -0.25) is 4.99 Å². The number of nitrogens with one attached hydrogen (secondary N) is 2. The molecule has 0 aromatic carbocycles. The monoisotopic (exact) mass is 327 g/mol. The predicted molar refractivity (Wildman–Crippen MR) is 96.9 cm³/mol. The Balaban J connectivity index is 2.55. The molecule has 0 aliphatic heterocycles. The molecule has 0 radical (unpaired) electrons. The van der Waals surface area contributed by atoms with Crippen LogP contribution in [0.5, 0.6) is 0 Å². The summed E-state index contributed by atoms with van der Waals surface area (Å²) >= 11 is 0. The Kier molecular flexibility index (Phi) is 8.92. The van der Waals surface area contributed by atoms with Gasteiger partial charge in [0.2, 0.25) is 0 Å². The molecule has 0 heterocycles. The highest BCUT2D eigenvalue weighted by molar-refractivity contribution is 5.79. The standard InChI is InChI=1S/C18H37N3O2/c1-5-8-18(22,9-6-2)15-21-16(19-7-3)20-14-17(10-11-17)12-13-23-4/h22H,5-15H2,1-4H3,(H2,19,20,21). The molecule has 1 saturated carbocycles. The summed E-state index contributed by atoms with van der Waals surface area (Å²) in [5.41, 5.74) is -0.283. The first-order valence-electron chi connectivity index (χ1n) is 9.26. The van der Waals surface area contributed by atoms with Crippen molar-refractivity contribution in [3.63, 3.8) is 0 Å². The Labute approximate surface area is 142 Å². The molecule has 0 atom stereocenters. The zero-order valence-electron chi connectivity index (χ0n) is 15.6. The van der Waals surface area contributed by atoms with Gasteiger partial charge in [0.25, 0.3) is 0 Å². The van der Waals surface area contributed by atoms with Gasteiger partial charge in [-0.2, -0.15) is 0 Å². The van der Waals surface area contributed by atoms with Gasteiger partial charge in [0.1, 0.15) is 0 Å². The highest BCUT2D eigenvalue weighted by atomic mass is 16.5. The average Bonchev–Trinajstić information content (AvgIpc) is 3.29. The average molecular weight is 328 g/mol. The van der Waals surface area contributed by atoms with Crippen LogP contribution in [0.3, 0.4) is 0 Å². The molecule has 1 rings (SSSR count). The second-order valence-electron chi connectivity index (χ2n) is 7.02. The number of ether oxygens (including phenoxy) is 1. The van der Waals surface area contributed by atoms with Gasteiger partial charge in [0.05, 0.1) is 12.1 Å². The minimum atomic E-state index is -0.667. The van der Waals surface area contributed by atoms with Gasteiger partial charge in [-0.25, -0.2) is 0 Å². The van der Waals surface area contributed by atoms with Crippen LogP contribution >= 0.6 is 0 Å². The molecule has 5 heteroatoms. The van der Waals surface area contributed by atoms with Crippen molar-refractivity contribution < 1.29 is 9.84 Å². The minimum absolute atomic E-state index is 0.384. The van der Waals surface area contributed by atoms with Crippen molar-refractivity contribution in [1.82, 2.24) is 10.6 Å². The molecule has 3 N–H and O–H groups in total. The van der Waals surface area contributed by atoms with Crippen molar-refractivity contribution in [2.45, 2.75) is 71.3 Å². The number of guanidine groups is 1. The maximum Gasteiger partial charge on any atom is 0.191 e. The van der Waals surface area contributed by atoms with Crippen molar-refractivity contribution >= 4 is 5.96 Å². The highest BCUT2D eigenvalue weighted by Crippen LogP contribution is 2.48. The molecule has 0 unspecified atom stereocenters. The van der Waals surface area contributed by atoms with Gasteiger partial charge in [0, 0.05) is 26.8 Å². The van der Waals surface area contributed by atoms with Gasteiger partial charge in [0.15, 0.2) is 5.96 Å². The molecule has 136 valence electrons. The SMILES string of the molecule is CCCC(O)(CCC)CN=C(NCC)NCC1(CCOC)CC1. The van der Waals surface area contributed by atoms with E-state index in [1.165, 1.54) is 12.8 Å². The Morgan fingerprint density at radius 1 is 1.17 bits per heavy atom. The van der Waals surface area contributed by atoms with Gasteiger partial charge in [-0.1, -0.05) is 26.7 Å². The number of hydrogen-bond donors (Lipinski definition) is 3. The van der Waals surface area contributed by atoms with Crippen LogP contribution in [0.25, 0.3) is 0 Å².